The molecule has 0 bridgehead atoms. The van der Waals surface area contributed by atoms with Crippen molar-refractivity contribution in [1.82, 2.24) is 14.4 Å². The molecule has 26 heavy (non-hydrogen) atoms. The number of aliphatic hydroxyl groups is 1. The van der Waals surface area contributed by atoms with Crippen LogP contribution in [0.15, 0.2) is 16.2 Å². The van der Waals surface area contributed by atoms with E-state index < -0.39 is 11.9 Å². The number of nitrogens with zero attached hydrogens (tertiary/aromatic N) is 3. The molecule has 1 aliphatic rings. The van der Waals surface area contributed by atoms with Gasteiger partial charge in [-0.15, -0.1) is 11.3 Å². The predicted molar refractivity (Wildman–Crippen MR) is 89.2 cm³/mol. The number of hydrogen-bond donors (Lipinski definition) is 1. The number of aromatic nitrogens is 3. The number of rotatable bonds is 4. The maximum Gasteiger partial charge on any atom is 0.434 e. The minimum absolute atomic E-state index is 0.0659. The largest absolute Gasteiger partial charge is 0.434 e. The van der Waals surface area contributed by atoms with Gasteiger partial charge in [0.25, 0.3) is 10.8 Å². The van der Waals surface area contributed by atoms with Crippen molar-refractivity contribution in [3.63, 3.8) is 0 Å². The van der Waals surface area contributed by atoms with E-state index in [1.165, 1.54) is 15.7 Å². The number of fused-ring (bicyclic) bond motifs is 1. The molecular formula is C15H12F3N3O3S2. The Morgan fingerprint density at radius 1 is 1.42 bits per heavy atom. The number of hydrogen-bond acceptors (Lipinski definition) is 7. The molecule has 3 heterocycles. The minimum atomic E-state index is -4.55. The summed E-state index contributed by atoms with van der Waals surface area (Å²) >= 11 is 1.98. The second-order valence-corrected chi connectivity index (χ2v) is 7.98. The van der Waals surface area contributed by atoms with Crippen molar-refractivity contribution in [2.24, 2.45) is 5.92 Å². The third-order valence-corrected chi connectivity index (χ3v) is 5.87. The van der Waals surface area contributed by atoms with E-state index in [-0.39, 0.29) is 35.1 Å². The maximum atomic E-state index is 12.6. The van der Waals surface area contributed by atoms with Gasteiger partial charge in [0.05, 0.1) is 6.07 Å². The molecule has 0 amide bonds. The van der Waals surface area contributed by atoms with Gasteiger partial charge in [-0.1, -0.05) is 11.3 Å². The molecule has 6 nitrogen and oxygen atoms in total. The van der Waals surface area contributed by atoms with Gasteiger partial charge in [-0.3, -0.25) is 9.20 Å². The Bertz CT molecular complexity index is 1040. The summed E-state index contributed by atoms with van der Waals surface area (Å²) in [5.74, 6) is 0.166. The molecule has 1 fully saturated rings. The summed E-state index contributed by atoms with van der Waals surface area (Å²) in [6, 6.07) is 1.13. The van der Waals surface area contributed by atoms with Crippen LogP contribution in [0.1, 0.15) is 28.6 Å². The highest BCUT2D eigenvalue weighted by Crippen LogP contribution is 2.49. The second kappa shape index (κ2) is 6.03. The lowest BCUT2D eigenvalue weighted by molar-refractivity contribution is -0.140. The normalized spacial score (nSPS) is 19.9. The van der Waals surface area contributed by atoms with Crippen molar-refractivity contribution >= 4 is 27.6 Å². The average molecular weight is 403 g/mol. The highest BCUT2D eigenvalue weighted by molar-refractivity contribution is 7.17. The predicted octanol–water partition coefficient (Wildman–Crippen LogP) is 3.43. The molecule has 2 atom stereocenters. The van der Waals surface area contributed by atoms with Gasteiger partial charge in [0.2, 0.25) is 5.88 Å². The molecule has 4 rings (SSSR count). The van der Waals surface area contributed by atoms with E-state index in [1.54, 1.807) is 0 Å². The first kappa shape index (κ1) is 17.4. The molecule has 1 saturated carbocycles. The number of aryl methyl sites for hydroxylation is 1. The highest BCUT2D eigenvalue weighted by atomic mass is 32.1. The lowest BCUT2D eigenvalue weighted by atomic mass is 10.2. The van der Waals surface area contributed by atoms with Crippen LogP contribution in [0.25, 0.3) is 4.96 Å². The van der Waals surface area contributed by atoms with Gasteiger partial charge in [0, 0.05) is 28.5 Å². The van der Waals surface area contributed by atoms with Gasteiger partial charge in [0.1, 0.15) is 0 Å². The summed E-state index contributed by atoms with van der Waals surface area (Å²) in [6.07, 6.45) is -3.74. The van der Waals surface area contributed by atoms with E-state index >= 15 is 0 Å². The molecule has 0 spiro atoms. The molecule has 138 valence electrons. The summed E-state index contributed by atoms with van der Waals surface area (Å²) in [5.41, 5.74) is -0.587. The fourth-order valence-corrected chi connectivity index (χ4v) is 4.58. The molecule has 0 unspecified atom stereocenters. The van der Waals surface area contributed by atoms with Gasteiger partial charge in [-0.05, 0) is 19.3 Å². The van der Waals surface area contributed by atoms with Crippen molar-refractivity contribution in [3.8, 4) is 11.1 Å². The summed E-state index contributed by atoms with van der Waals surface area (Å²) in [7, 11) is 0. The van der Waals surface area contributed by atoms with Gasteiger partial charge >= 0.3 is 6.18 Å². The SMILES string of the molecule is Cc1sc2nc(Oc3nc(C(F)(F)F)cs3)cc(=O)n2c1[C@@H]1C[C@H]1CO. The molecule has 1 aliphatic carbocycles. The standard InChI is InChI=1S/C15H12F3N3O3S2/c1-6-12(8-2-7(8)4-22)21-11(23)3-10(20-13(21)26-6)24-14-19-9(5-25-14)15(16,17)18/h3,5,7-8,22H,2,4H2,1H3/t7-,8+/m0/s1. The van der Waals surface area contributed by atoms with Crippen LogP contribution in [0.2, 0.25) is 0 Å². The van der Waals surface area contributed by atoms with Crippen LogP contribution >= 0.6 is 22.7 Å². The second-order valence-electron chi connectivity index (χ2n) is 5.98. The number of ether oxygens (including phenoxy) is 1. The van der Waals surface area contributed by atoms with Crippen LogP contribution in [0.3, 0.4) is 0 Å². The van der Waals surface area contributed by atoms with Gasteiger partial charge < -0.3 is 9.84 Å². The molecule has 11 heteroatoms. The summed E-state index contributed by atoms with van der Waals surface area (Å²) in [4.78, 5) is 21.4. The van der Waals surface area contributed by atoms with Crippen LogP contribution in [0.4, 0.5) is 13.2 Å². The average Bonchev–Trinajstić information content (AvgIpc) is 3.01. The molecule has 0 radical (unpaired) electrons. The van der Waals surface area contributed by atoms with Crippen molar-refractivity contribution in [2.75, 3.05) is 6.61 Å². The Balaban J connectivity index is 1.68. The number of thiazole rings is 2. The topological polar surface area (TPSA) is 76.7 Å². The van der Waals surface area contributed by atoms with Crippen LogP contribution in [0.5, 0.6) is 11.1 Å². The highest BCUT2D eigenvalue weighted by Gasteiger charge is 2.41. The number of alkyl halides is 3. The molecule has 3 aromatic heterocycles. The Kier molecular flexibility index (Phi) is 4.04. The summed E-state index contributed by atoms with van der Waals surface area (Å²) in [6.45, 7) is 1.94. The number of halogens is 3. The zero-order chi connectivity index (χ0) is 18.6. The molecule has 1 N–H and O–H groups in total. The van der Waals surface area contributed by atoms with Crippen LogP contribution in [-0.2, 0) is 6.18 Å². The first-order chi connectivity index (χ1) is 12.3. The molecule has 0 aliphatic heterocycles. The first-order valence-electron chi connectivity index (χ1n) is 7.62. The van der Waals surface area contributed by atoms with Crippen molar-refractivity contribution in [3.05, 3.63) is 38.1 Å². The van der Waals surface area contributed by atoms with E-state index in [9.17, 15) is 23.1 Å². The van der Waals surface area contributed by atoms with E-state index in [1.807, 2.05) is 6.92 Å². The lowest BCUT2D eigenvalue weighted by Gasteiger charge is -2.04. The zero-order valence-corrected chi connectivity index (χ0v) is 14.9. The monoisotopic (exact) mass is 403 g/mol. The Labute approximate surface area is 152 Å². The fourth-order valence-electron chi connectivity index (χ4n) is 2.87. The van der Waals surface area contributed by atoms with Gasteiger partial charge in [-0.25, -0.2) is 0 Å². The Morgan fingerprint density at radius 2 is 2.19 bits per heavy atom. The zero-order valence-electron chi connectivity index (χ0n) is 13.3. The maximum absolute atomic E-state index is 12.6. The molecule has 0 aromatic carbocycles. The third-order valence-electron chi connectivity index (χ3n) is 4.18. The molecule has 3 aromatic rings. The molecular weight excluding hydrogens is 391 g/mol. The Morgan fingerprint density at radius 3 is 2.81 bits per heavy atom. The summed E-state index contributed by atoms with van der Waals surface area (Å²) in [5, 5.41) is 9.88. The first-order valence-corrected chi connectivity index (χ1v) is 9.32. The quantitative estimate of drug-likeness (QED) is 0.722. The van der Waals surface area contributed by atoms with E-state index in [0.717, 1.165) is 28.4 Å². The van der Waals surface area contributed by atoms with Gasteiger partial charge in [0.15, 0.2) is 10.7 Å². The van der Waals surface area contributed by atoms with Crippen molar-refractivity contribution in [2.45, 2.75) is 25.4 Å². The smallest absolute Gasteiger partial charge is 0.411 e. The van der Waals surface area contributed by atoms with Crippen molar-refractivity contribution < 1.29 is 23.0 Å². The number of aliphatic hydroxyl groups excluding tert-OH is 1. The fraction of sp³-hybridized carbons (Fsp3) is 0.400. The lowest BCUT2D eigenvalue weighted by Crippen LogP contribution is -2.15. The van der Waals surface area contributed by atoms with Crippen LogP contribution in [-0.4, -0.2) is 26.1 Å². The van der Waals surface area contributed by atoms with E-state index in [0.29, 0.717) is 16.3 Å². The minimum Gasteiger partial charge on any atom is -0.411 e. The Hall–Kier alpha value is -1.98. The van der Waals surface area contributed by atoms with Gasteiger partial charge in [-0.2, -0.15) is 23.1 Å². The third kappa shape index (κ3) is 2.99. The van der Waals surface area contributed by atoms with E-state index in [2.05, 4.69) is 9.97 Å². The summed E-state index contributed by atoms with van der Waals surface area (Å²) < 4.78 is 44.6. The van der Waals surface area contributed by atoms with Crippen molar-refractivity contribution in [1.29, 1.82) is 0 Å². The van der Waals surface area contributed by atoms with Crippen LogP contribution in [0, 0.1) is 12.8 Å². The van der Waals surface area contributed by atoms with Crippen LogP contribution < -0.4 is 10.3 Å². The molecule has 0 saturated heterocycles. The van der Waals surface area contributed by atoms with E-state index in [4.69, 9.17) is 4.74 Å².